The minimum atomic E-state index is -5.27. The highest BCUT2D eigenvalue weighted by molar-refractivity contribution is 6.15. The van der Waals surface area contributed by atoms with E-state index in [1.165, 1.54) is 6.19 Å². The Morgan fingerprint density at radius 3 is 1.24 bits per heavy atom. The topological polar surface area (TPSA) is 71.3 Å². The highest BCUT2D eigenvalue weighted by Gasteiger charge is 2.39. The number of nitriles is 1. The quantitative estimate of drug-likeness (QED) is 0.142. The lowest BCUT2D eigenvalue weighted by atomic mass is 9.90. The number of hydrogen-bond acceptors (Lipinski definition) is 5. The van der Waals surface area contributed by atoms with Gasteiger partial charge in [-0.1, -0.05) is 0 Å². The molecule has 2 aromatic rings. The Kier molecular flexibility index (Phi) is 8.54. The summed E-state index contributed by atoms with van der Waals surface area (Å²) >= 11 is 0. The minimum Gasteiger partial charge on any atom is -0.454 e. The van der Waals surface area contributed by atoms with Gasteiger partial charge in [0.2, 0.25) is 6.19 Å². The molecule has 0 unspecified atom stereocenters. The molecular weight excluding hydrogens is 652 g/mol. The molecule has 0 saturated carbocycles. The van der Waals surface area contributed by atoms with Crippen LogP contribution in [0.3, 0.4) is 0 Å². The van der Waals surface area contributed by atoms with Gasteiger partial charge in [-0.15, -0.1) is 4.95 Å². The Labute approximate surface area is 249 Å². The number of halogens is 12. The Morgan fingerprint density at radius 2 is 0.913 bits per heavy atom. The summed E-state index contributed by atoms with van der Waals surface area (Å²) in [5.41, 5.74) is -8.58. The summed E-state index contributed by atoms with van der Waals surface area (Å²) in [6, 6.07) is 0.510. The van der Waals surface area contributed by atoms with E-state index < -0.39 is 81.4 Å². The maximum atomic E-state index is 13.4. The lowest BCUT2D eigenvalue weighted by molar-refractivity contribution is -0.144. The van der Waals surface area contributed by atoms with Crippen molar-refractivity contribution >= 4 is 11.4 Å². The van der Waals surface area contributed by atoms with Crippen molar-refractivity contribution in [2.75, 3.05) is 0 Å². The molecule has 2 aromatic carbocycles. The first kappa shape index (κ1) is 33.4. The van der Waals surface area contributed by atoms with Crippen LogP contribution in [0.25, 0.3) is 4.95 Å². The van der Waals surface area contributed by atoms with Crippen molar-refractivity contribution in [1.82, 2.24) is 0 Å². The maximum Gasteiger partial charge on any atom is 0.416 e. The van der Waals surface area contributed by atoms with E-state index in [0.29, 0.717) is 0 Å². The van der Waals surface area contributed by atoms with Gasteiger partial charge in [-0.05, 0) is 60.7 Å². The molecule has 238 valence electrons. The summed E-state index contributed by atoms with van der Waals surface area (Å²) in [7, 11) is 0. The normalized spacial score (nSPS) is 17.3. The van der Waals surface area contributed by atoms with E-state index >= 15 is 0 Å². The van der Waals surface area contributed by atoms with Crippen LogP contribution in [-0.2, 0) is 24.7 Å². The molecule has 2 aliphatic carbocycles. The third-order valence-electron chi connectivity index (χ3n) is 5.95. The second-order valence-electron chi connectivity index (χ2n) is 9.02. The monoisotopic (exact) mass is 662 g/mol. The number of alkyl halides is 12. The van der Waals surface area contributed by atoms with Crippen molar-refractivity contribution in [2.45, 2.75) is 24.7 Å². The predicted molar refractivity (Wildman–Crippen MR) is 134 cm³/mol. The van der Waals surface area contributed by atoms with E-state index in [-0.39, 0.29) is 47.5 Å². The standard InChI is InChI=1S/C28H10F12N4O2/c1-42-44-22-5-3-19-20(24(22)46-18-10-15(27(35,36)37)7-16(11-18)28(38,39)40)2-4-21(43-12-41)23(19)45-17-8-13(25(29,30)31)6-14(9-17)26(32,33)34/h2-11H/b43-21?,44-22+. The van der Waals surface area contributed by atoms with Gasteiger partial charge in [0, 0.05) is 11.1 Å². The van der Waals surface area contributed by atoms with Crippen molar-refractivity contribution in [3.05, 3.63) is 117 Å². The molecule has 46 heavy (non-hydrogen) atoms. The number of allylic oxidation sites excluding steroid dienone is 6. The van der Waals surface area contributed by atoms with E-state index in [2.05, 4.69) is 15.0 Å². The Balaban J connectivity index is 1.95. The zero-order valence-electron chi connectivity index (χ0n) is 21.9. The van der Waals surface area contributed by atoms with Crippen LogP contribution in [-0.4, -0.2) is 11.4 Å². The molecule has 6 nitrogen and oxygen atoms in total. The van der Waals surface area contributed by atoms with Gasteiger partial charge in [0.05, 0.1) is 27.4 Å². The van der Waals surface area contributed by atoms with E-state index in [1.54, 1.807) is 0 Å². The second-order valence-corrected chi connectivity index (χ2v) is 9.02. The molecule has 0 aliphatic heterocycles. The zero-order chi connectivity index (χ0) is 34.2. The molecule has 0 radical (unpaired) electrons. The van der Waals surface area contributed by atoms with Crippen LogP contribution in [0, 0.1) is 18.0 Å². The van der Waals surface area contributed by atoms with Gasteiger partial charge in [0.25, 0.3) is 0 Å². The van der Waals surface area contributed by atoms with Crippen molar-refractivity contribution in [2.24, 2.45) is 10.1 Å². The third kappa shape index (κ3) is 7.23. The minimum absolute atomic E-state index is 0.174. The van der Waals surface area contributed by atoms with Crippen LogP contribution >= 0.6 is 0 Å². The number of hydrogen-bond donors (Lipinski definition) is 0. The third-order valence-corrected chi connectivity index (χ3v) is 5.95. The molecule has 0 N–H and O–H groups in total. The maximum absolute atomic E-state index is 13.4. The van der Waals surface area contributed by atoms with Gasteiger partial charge in [0.15, 0.2) is 17.2 Å². The van der Waals surface area contributed by atoms with E-state index in [4.69, 9.17) is 21.3 Å². The highest BCUT2D eigenvalue weighted by atomic mass is 19.4. The summed E-state index contributed by atoms with van der Waals surface area (Å²) in [5, 5.41) is 12.5. The number of aliphatic imine (C=N–C) groups is 1. The van der Waals surface area contributed by atoms with E-state index in [0.717, 1.165) is 24.3 Å². The van der Waals surface area contributed by atoms with E-state index in [1.807, 2.05) is 0 Å². The van der Waals surface area contributed by atoms with Crippen LogP contribution in [0.2, 0.25) is 0 Å². The molecule has 0 bridgehead atoms. The molecule has 0 heterocycles. The number of nitrogens with zero attached hydrogens (tertiary/aromatic N) is 4. The summed E-state index contributed by atoms with van der Waals surface area (Å²) in [4.78, 5) is 6.18. The van der Waals surface area contributed by atoms with Crippen LogP contribution in [0.4, 0.5) is 52.7 Å². The average Bonchev–Trinajstić information content (AvgIpc) is 2.93. The zero-order valence-corrected chi connectivity index (χ0v) is 21.9. The molecule has 0 fully saturated rings. The van der Waals surface area contributed by atoms with Crippen molar-refractivity contribution in [3.8, 4) is 17.7 Å². The fourth-order valence-electron chi connectivity index (χ4n) is 4.02. The van der Waals surface area contributed by atoms with Gasteiger partial charge in [-0.3, -0.25) is 0 Å². The van der Waals surface area contributed by atoms with Crippen LogP contribution < -0.4 is 9.47 Å². The second kappa shape index (κ2) is 11.8. The summed E-state index contributed by atoms with van der Waals surface area (Å²) in [6.07, 6.45) is -15.7. The lowest BCUT2D eigenvalue weighted by Crippen LogP contribution is -2.21. The molecule has 4 rings (SSSR count). The first-order valence-corrected chi connectivity index (χ1v) is 11.9. The Morgan fingerprint density at radius 1 is 0.565 bits per heavy atom. The van der Waals surface area contributed by atoms with Crippen LogP contribution in [0.5, 0.6) is 11.5 Å². The first-order valence-electron chi connectivity index (χ1n) is 11.9. The molecule has 0 aromatic heterocycles. The van der Waals surface area contributed by atoms with Gasteiger partial charge in [-0.25, -0.2) is 0 Å². The predicted octanol–water partition coefficient (Wildman–Crippen LogP) is 9.06. The van der Waals surface area contributed by atoms with Crippen LogP contribution in [0.1, 0.15) is 22.3 Å². The van der Waals surface area contributed by atoms with Crippen molar-refractivity contribution in [3.63, 3.8) is 0 Å². The molecule has 0 saturated heterocycles. The van der Waals surface area contributed by atoms with E-state index in [9.17, 15) is 52.7 Å². The number of rotatable bonds is 4. The lowest BCUT2D eigenvalue weighted by Gasteiger charge is -2.24. The van der Waals surface area contributed by atoms with Gasteiger partial charge in [-0.2, -0.15) is 69.5 Å². The molecule has 2 aliphatic rings. The molecule has 0 amide bonds. The largest absolute Gasteiger partial charge is 0.454 e. The van der Waals surface area contributed by atoms with Gasteiger partial charge < -0.3 is 9.47 Å². The number of fused-ring (bicyclic) bond motifs is 1. The summed E-state index contributed by atoms with van der Waals surface area (Å²) in [6.45, 7) is 7.02. The molecule has 18 heteroatoms. The summed E-state index contributed by atoms with van der Waals surface area (Å²) in [5.74, 6) is -3.38. The van der Waals surface area contributed by atoms with Crippen molar-refractivity contribution < 1.29 is 62.2 Å². The number of benzene rings is 2. The first-order chi connectivity index (χ1) is 21.2. The van der Waals surface area contributed by atoms with Gasteiger partial charge in [0.1, 0.15) is 17.2 Å². The number of ether oxygens (including phenoxy) is 2. The molecule has 0 atom stereocenters. The smallest absolute Gasteiger partial charge is 0.416 e. The average molecular weight is 662 g/mol. The Bertz CT molecular complexity index is 1660. The SMILES string of the molecule is [C-]#[N+]/N=C1\C=CC2=C(Oc3cc(C(F)(F)F)cc(C(F)(F)F)c3)C(=NC#N)C=CC2=C1Oc1cc(C(F)(F)F)cc(C(F)(F)F)c1. The van der Waals surface area contributed by atoms with Crippen molar-refractivity contribution in [1.29, 1.82) is 5.26 Å². The fraction of sp³-hybridized carbons (Fsp3) is 0.143. The fourth-order valence-corrected chi connectivity index (χ4v) is 4.02. The molecule has 0 spiro atoms. The van der Waals surface area contributed by atoms with Crippen LogP contribution in [0.15, 0.2) is 93.5 Å². The Hall–Kier alpha value is -5.52. The highest BCUT2D eigenvalue weighted by Crippen LogP contribution is 2.42. The van der Waals surface area contributed by atoms with Gasteiger partial charge >= 0.3 is 24.7 Å². The molecular formula is C28H10F12N4O2. The summed E-state index contributed by atoms with van der Waals surface area (Å²) < 4.78 is 172.